The summed E-state index contributed by atoms with van der Waals surface area (Å²) < 4.78 is 5.35. The Morgan fingerprint density at radius 2 is 1.73 bits per heavy atom. The molecule has 0 amide bonds. The van der Waals surface area contributed by atoms with Crippen LogP contribution in [0.25, 0.3) is 11.3 Å². The van der Waals surface area contributed by atoms with Crippen molar-refractivity contribution in [3.05, 3.63) is 37.9 Å². The zero-order valence-corrected chi connectivity index (χ0v) is 11.0. The normalized spacial score (nSPS) is 10.7. The average Bonchev–Trinajstić information content (AvgIpc) is 2.49. The van der Waals surface area contributed by atoms with E-state index in [1.54, 1.807) is 18.2 Å². The van der Waals surface area contributed by atoms with Gasteiger partial charge in [-0.15, -0.1) is 0 Å². The SMILES string of the molecule is Clc1cccc(Cl)c1-c1noc(Cl)c1Br. The van der Waals surface area contributed by atoms with Gasteiger partial charge in [-0.2, -0.15) is 0 Å². The molecule has 0 aliphatic carbocycles. The first kappa shape index (κ1) is 11.3. The van der Waals surface area contributed by atoms with Gasteiger partial charge < -0.3 is 4.52 Å². The lowest BCUT2D eigenvalue weighted by Gasteiger charge is -2.02. The van der Waals surface area contributed by atoms with Crippen molar-refractivity contribution in [1.29, 1.82) is 0 Å². The van der Waals surface area contributed by atoms with E-state index >= 15 is 0 Å². The highest BCUT2D eigenvalue weighted by molar-refractivity contribution is 9.10. The maximum absolute atomic E-state index is 6.02. The highest BCUT2D eigenvalue weighted by Gasteiger charge is 2.18. The Kier molecular flexibility index (Phi) is 3.26. The van der Waals surface area contributed by atoms with Crippen LogP contribution in [0.2, 0.25) is 15.3 Å². The van der Waals surface area contributed by atoms with Gasteiger partial charge in [0.25, 0.3) is 0 Å². The number of hydrogen-bond acceptors (Lipinski definition) is 2. The molecule has 0 radical (unpaired) electrons. The summed E-state index contributed by atoms with van der Waals surface area (Å²) in [5, 5.41) is 4.94. The second-order valence-corrected chi connectivity index (χ2v) is 4.67. The zero-order chi connectivity index (χ0) is 11.0. The Balaban J connectivity index is 2.69. The highest BCUT2D eigenvalue weighted by Crippen LogP contribution is 2.40. The molecule has 1 aromatic heterocycles. The molecule has 0 unspecified atom stereocenters. The molecule has 0 saturated heterocycles. The van der Waals surface area contributed by atoms with Crippen LogP contribution in [0.5, 0.6) is 0 Å². The first-order valence-electron chi connectivity index (χ1n) is 3.86. The third kappa shape index (κ3) is 2.02. The van der Waals surface area contributed by atoms with E-state index in [2.05, 4.69) is 21.1 Å². The predicted molar refractivity (Wildman–Crippen MR) is 64.7 cm³/mol. The maximum atomic E-state index is 6.02. The van der Waals surface area contributed by atoms with E-state index in [1.807, 2.05) is 0 Å². The summed E-state index contributed by atoms with van der Waals surface area (Å²) in [5.74, 6) is 0. The van der Waals surface area contributed by atoms with Gasteiger partial charge in [-0.3, -0.25) is 0 Å². The fourth-order valence-electron chi connectivity index (χ4n) is 1.14. The lowest BCUT2D eigenvalue weighted by molar-refractivity contribution is 0.423. The van der Waals surface area contributed by atoms with Crippen LogP contribution >= 0.6 is 50.7 Å². The highest BCUT2D eigenvalue weighted by atomic mass is 79.9. The summed E-state index contributed by atoms with van der Waals surface area (Å²) in [4.78, 5) is 0. The molecule has 78 valence electrons. The monoisotopic (exact) mass is 325 g/mol. The Morgan fingerprint density at radius 3 is 2.20 bits per heavy atom. The van der Waals surface area contributed by atoms with Crippen molar-refractivity contribution in [3.8, 4) is 11.3 Å². The summed E-state index contributed by atoms with van der Waals surface area (Å²) in [6, 6.07) is 5.19. The molecular weight excluding hydrogens is 324 g/mol. The number of benzene rings is 1. The summed E-state index contributed by atoms with van der Waals surface area (Å²) in [5.41, 5.74) is 1.10. The van der Waals surface area contributed by atoms with Gasteiger partial charge in [0, 0.05) is 5.56 Å². The van der Waals surface area contributed by atoms with Crippen molar-refractivity contribution in [3.63, 3.8) is 0 Å². The second kappa shape index (κ2) is 4.34. The van der Waals surface area contributed by atoms with E-state index in [0.29, 0.717) is 25.8 Å². The van der Waals surface area contributed by atoms with Crippen LogP contribution in [0, 0.1) is 0 Å². The van der Waals surface area contributed by atoms with Gasteiger partial charge in [0.05, 0.1) is 10.0 Å². The summed E-state index contributed by atoms with van der Waals surface area (Å²) >= 11 is 21.0. The molecule has 0 aliphatic heterocycles. The Hall–Kier alpha value is -0.220. The van der Waals surface area contributed by atoms with E-state index in [-0.39, 0.29) is 5.22 Å². The lowest BCUT2D eigenvalue weighted by atomic mass is 10.1. The van der Waals surface area contributed by atoms with Gasteiger partial charge in [-0.1, -0.05) is 34.4 Å². The number of halogens is 4. The number of nitrogens with zero attached hydrogens (tertiary/aromatic N) is 1. The van der Waals surface area contributed by atoms with Crippen molar-refractivity contribution in [2.24, 2.45) is 0 Å². The first-order valence-corrected chi connectivity index (χ1v) is 5.79. The minimum atomic E-state index is 0.168. The topological polar surface area (TPSA) is 26.0 Å². The molecular formula is C9H3BrCl3NO. The lowest BCUT2D eigenvalue weighted by Crippen LogP contribution is -1.82. The zero-order valence-electron chi connectivity index (χ0n) is 7.10. The van der Waals surface area contributed by atoms with Gasteiger partial charge in [0.1, 0.15) is 10.2 Å². The van der Waals surface area contributed by atoms with Crippen molar-refractivity contribution >= 4 is 50.7 Å². The van der Waals surface area contributed by atoms with Crippen LogP contribution in [0.15, 0.2) is 27.2 Å². The van der Waals surface area contributed by atoms with Gasteiger partial charge in [0.15, 0.2) is 0 Å². The third-order valence-corrected chi connectivity index (χ3v) is 3.65. The van der Waals surface area contributed by atoms with Crippen molar-refractivity contribution in [2.75, 3.05) is 0 Å². The smallest absolute Gasteiger partial charge is 0.240 e. The standard InChI is InChI=1S/C9H3BrCl3NO/c10-7-8(14-15-9(7)13)6-4(11)2-1-3-5(6)12/h1-3H. The number of aromatic nitrogens is 1. The molecule has 1 heterocycles. The fraction of sp³-hybridized carbons (Fsp3) is 0. The molecule has 6 heteroatoms. The van der Waals surface area contributed by atoms with Crippen molar-refractivity contribution in [1.82, 2.24) is 5.16 Å². The Labute approximate surface area is 109 Å². The molecule has 0 bridgehead atoms. The predicted octanol–water partition coefficient (Wildman–Crippen LogP) is 5.06. The van der Waals surface area contributed by atoms with Crippen LogP contribution in [-0.2, 0) is 0 Å². The van der Waals surface area contributed by atoms with Crippen molar-refractivity contribution in [2.45, 2.75) is 0 Å². The number of hydrogen-bond donors (Lipinski definition) is 0. The average molecular weight is 327 g/mol. The van der Waals surface area contributed by atoms with E-state index in [1.165, 1.54) is 0 Å². The molecule has 0 aliphatic rings. The van der Waals surface area contributed by atoms with E-state index in [9.17, 15) is 0 Å². The van der Waals surface area contributed by atoms with Gasteiger partial charge in [0.2, 0.25) is 5.22 Å². The summed E-state index contributed by atoms with van der Waals surface area (Å²) in [6.07, 6.45) is 0. The molecule has 0 fully saturated rings. The largest absolute Gasteiger partial charge is 0.343 e. The van der Waals surface area contributed by atoms with Gasteiger partial charge >= 0.3 is 0 Å². The van der Waals surface area contributed by atoms with Crippen LogP contribution < -0.4 is 0 Å². The van der Waals surface area contributed by atoms with E-state index in [4.69, 9.17) is 39.3 Å². The van der Waals surface area contributed by atoms with Gasteiger partial charge in [-0.25, -0.2) is 0 Å². The second-order valence-electron chi connectivity index (χ2n) is 2.72. The molecule has 2 rings (SSSR count). The fourth-order valence-corrected chi connectivity index (χ4v) is 2.18. The van der Waals surface area contributed by atoms with E-state index in [0.717, 1.165) is 0 Å². The van der Waals surface area contributed by atoms with Crippen LogP contribution in [0.3, 0.4) is 0 Å². The molecule has 15 heavy (non-hydrogen) atoms. The first-order chi connectivity index (χ1) is 7.11. The summed E-state index contributed by atoms with van der Waals surface area (Å²) in [7, 11) is 0. The molecule has 2 nitrogen and oxygen atoms in total. The quantitative estimate of drug-likeness (QED) is 0.731. The maximum Gasteiger partial charge on any atom is 0.240 e. The summed E-state index contributed by atoms with van der Waals surface area (Å²) in [6.45, 7) is 0. The molecule has 2 aromatic rings. The molecule has 0 spiro atoms. The third-order valence-electron chi connectivity index (χ3n) is 1.80. The van der Waals surface area contributed by atoms with Crippen LogP contribution in [0.4, 0.5) is 0 Å². The molecule has 0 saturated carbocycles. The van der Waals surface area contributed by atoms with Gasteiger partial charge in [-0.05, 0) is 39.7 Å². The molecule has 1 aromatic carbocycles. The molecule has 0 N–H and O–H groups in total. The minimum Gasteiger partial charge on any atom is -0.343 e. The Morgan fingerprint density at radius 1 is 1.13 bits per heavy atom. The van der Waals surface area contributed by atoms with Crippen LogP contribution in [0.1, 0.15) is 0 Å². The van der Waals surface area contributed by atoms with E-state index < -0.39 is 0 Å². The number of rotatable bonds is 1. The minimum absolute atomic E-state index is 0.168. The van der Waals surface area contributed by atoms with Crippen LogP contribution in [-0.4, -0.2) is 5.16 Å². The van der Waals surface area contributed by atoms with Crippen molar-refractivity contribution < 1.29 is 4.52 Å². The Bertz CT molecular complexity index is 492. The molecule has 0 atom stereocenters.